The molecule has 0 bridgehead atoms. The number of carbonyl (C=O) groups excluding carboxylic acids is 1. The molecule has 0 aliphatic heterocycles. The smallest absolute Gasteiger partial charge is 0.252 e. The van der Waals surface area contributed by atoms with Gasteiger partial charge in [0.05, 0.1) is 5.75 Å². The van der Waals surface area contributed by atoms with Crippen molar-refractivity contribution in [2.75, 3.05) is 19.0 Å². The Morgan fingerprint density at radius 2 is 2.12 bits per heavy atom. The van der Waals surface area contributed by atoms with E-state index in [1.165, 1.54) is 30.2 Å². The summed E-state index contributed by atoms with van der Waals surface area (Å²) in [7, 11) is 1.45. The number of carbonyl (C=O) groups is 1. The molecular formula is C15H15N5O3S2. The van der Waals surface area contributed by atoms with Gasteiger partial charge in [0.25, 0.3) is 5.91 Å². The van der Waals surface area contributed by atoms with E-state index in [1.54, 1.807) is 0 Å². The molecule has 0 radical (unpaired) electrons. The van der Waals surface area contributed by atoms with E-state index in [-0.39, 0.29) is 12.5 Å². The maximum atomic E-state index is 11.4. The molecule has 2 aromatic heterocycles. The fourth-order valence-corrected chi connectivity index (χ4v) is 3.57. The molecule has 1 aromatic carbocycles. The molecule has 0 saturated heterocycles. The second-order valence-corrected chi connectivity index (χ2v) is 7.16. The summed E-state index contributed by atoms with van der Waals surface area (Å²) in [6, 6.07) is 7.83. The number of nitrogens with zero attached hydrogens (tertiary/aromatic N) is 4. The van der Waals surface area contributed by atoms with Crippen LogP contribution in [-0.4, -0.2) is 40.0 Å². The van der Waals surface area contributed by atoms with E-state index in [2.05, 4.69) is 25.7 Å². The zero-order valence-corrected chi connectivity index (χ0v) is 15.2. The number of hydrogen-bond donors (Lipinski definition) is 1. The highest BCUT2D eigenvalue weighted by atomic mass is 32.2. The second kappa shape index (κ2) is 8.19. The fourth-order valence-electron chi connectivity index (χ4n) is 1.96. The summed E-state index contributed by atoms with van der Waals surface area (Å²) in [5.74, 6) is 1.20. The van der Waals surface area contributed by atoms with Crippen molar-refractivity contribution in [1.29, 1.82) is 0 Å². The number of amides is 1. The van der Waals surface area contributed by atoms with Crippen molar-refractivity contribution in [3.63, 3.8) is 0 Å². The fraction of sp³-hybridized carbons (Fsp3) is 0.267. The lowest BCUT2D eigenvalue weighted by Crippen LogP contribution is -2.16. The van der Waals surface area contributed by atoms with Crippen LogP contribution in [0.3, 0.4) is 0 Å². The molecule has 8 nitrogen and oxygen atoms in total. The van der Waals surface area contributed by atoms with E-state index in [1.807, 2.05) is 31.2 Å². The van der Waals surface area contributed by atoms with Crippen LogP contribution >= 0.6 is 23.1 Å². The van der Waals surface area contributed by atoms with Crippen LogP contribution < -0.4 is 5.32 Å². The second-order valence-electron chi connectivity index (χ2n) is 4.96. The zero-order valence-electron chi connectivity index (χ0n) is 13.6. The lowest BCUT2D eigenvalue weighted by molar-refractivity contribution is -0.119. The zero-order chi connectivity index (χ0) is 17.6. The van der Waals surface area contributed by atoms with E-state index in [0.29, 0.717) is 27.0 Å². The van der Waals surface area contributed by atoms with Gasteiger partial charge in [-0.05, 0) is 18.6 Å². The Bertz CT molecular complexity index is 864. The predicted octanol–water partition coefficient (Wildman–Crippen LogP) is 2.77. The van der Waals surface area contributed by atoms with Crippen molar-refractivity contribution in [3.05, 3.63) is 35.7 Å². The molecule has 0 spiro atoms. The Kier molecular flexibility index (Phi) is 5.74. The first-order chi connectivity index (χ1) is 12.2. The van der Waals surface area contributed by atoms with Gasteiger partial charge in [-0.1, -0.05) is 41.3 Å². The Morgan fingerprint density at radius 1 is 1.28 bits per heavy atom. The first-order valence-electron chi connectivity index (χ1n) is 7.29. The highest BCUT2D eigenvalue weighted by Gasteiger charge is 2.13. The number of benzene rings is 1. The Labute approximate surface area is 152 Å². The van der Waals surface area contributed by atoms with E-state index in [9.17, 15) is 4.79 Å². The molecule has 0 fully saturated rings. The molecule has 2 heterocycles. The number of hydrogen-bond acceptors (Lipinski definition) is 9. The molecule has 0 unspecified atom stereocenters. The van der Waals surface area contributed by atoms with Gasteiger partial charge in [0.2, 0.25) is 16.9 Å². The van der Waals surface area contributed by atoms with Crippen molar-refractivity contribution in [3.8, 4) is 11.5 Å². The molecule has 3 rings (SSSR count). The summed E-state index contributed by atoms with van der Waals surface area (Å²) in [5, 5.41) is 19.1. The third kappa shape index (κ3) is 4.62. The largest absolute Gasteiger partial charge is 0.420 e. The average Bonchev–Trinajstić information content (AvgIpc) is 3.23. The quantitative estimate of drug-likeness (QED) is 0.495. The van der Waals surface area contributed by atoms with Gasteiger partial charge in [-0.3, -0.25) is 10.1 Å². The standard InChI is InChI=1S/C15H15N5O3S2/c1-9-5-3-4-6-10(9)13-18-17-12(23-13)8-24-15-20-19-14(25-15)16-11(21)7-22-2/h3-6H,7-8H2,1-2H3,(H,16,19,21). The SMILES string of the molecule is COCC(=O)Nc1nnc(SCc2nnc(-c3ccccc3C)o2)s1. The first kappa shape index (κ1) is 17.5. The Hall–Kier alpha value is -2.30. The van der Waals surface area contributed by atoms with Gasteiger partial charge >= 0.3 is 0 Å². The molecule has 1 amide bonds. The van der Waals surface area contributed by atoms with Crippen molar-refractivity contribution in [2.24, 2.45) is 0 Å². The highest BCUT2D eigenvalue weighted by Crippen LogP contribution is 2.29. The van der Waals surface area contributed by atoms with Gasteiger partial charge in [0.15, 0.2) is 4.34 Å². The van der Waals surface area contributed by atoms with Crippen molar-refractivity contribution in [2.45, 2.75) is 17.0 Å². The lowest BCUT2D eigenvalue weighted by atomic mass is 10.1. The molecule has 130 valence electrons. The van der Waals surface area contributed by atoms with E-state index < -0.39 is 0 Å². The predicted molar refractivity (Wildman–Crippen MR) is 94.4 cm³/mol. The number of aromatic nitrogens is 4. The van der Waals surface area contributed by atoms with Crippen LogP contribution in [0.15, 0.2) is 33.0 Å². The maximum absolute atomic E-state index is 11.4. The van der Waals surface area contributed by atoms with Crippen molar-refractivity contribution in [1.82, 2.24) is 20.4 Å². The molecule has 10 heteroatoms. The van der Waals surface area contributed by atoms with Gasteiger partial charge in [-0.2, -0.15) is 0 Å². The van der Waals surface area contributed by atoms with Gasteiger partial charge in [0, 0.05) is 12.7 Å². The van der Waals surface area contributed by atoms with Crippen LogP contribution in [0.25, 0.3) is 11.5 Å². The molecule has 3 aromatic rings. The number of ether oxygens (including phenoxy) is 1. The number of methoxy groups -OCH3 is 1. The van der Waals surface area contributed by atoms with Crippen LogP contribution in [0.2, 0.25) is 0 Å². The Balaban J connectivity index is 1.59. The van der Waals surface area contributed by atoms with Gasteiger partial charge in [0.1, 0.15) is 6.61 Å². The Morgan fingerprint density at radius 3 is 2.92 bits per heavy atom. The van der Waals surface area contributed by atoms with E-state index in [4.69, 9.17) is 9.15 Å². The minimum absolute atomic E-state index is 0.0221. The third-order valence-corrected chi connectivity index (χ3v) is 5.05. The monoisotopic (exact) mass is 377 g/mol. The van der Waals surface area contributed by atoms with Crippen LogP contribution in [0.1, 0.15) is 11.5 Å². The summed E-state index contributed by atoms with van der Waals surface area (Å²) in [4.78, 5) is 11.4. The van der Waals surface area contributed by atoms with Gasteiger partial charge in [-0.15, -0.1) is 20.4 Å². The van der Waals surface area contributed by atoms with E-state index >= 15 is 0 Å². The maximum Gasteiger partial charge on any atom is 0.252 e. The van der Waals surface area contributed by atoms with Crippen LogP contribution in [0, 0.1) is 6.92 Å². The number of nitrogens with one attached hydrogen (secondary N) is 1. The molecule has 0 saturated carbocycles. The summed E-state index contributed by atoms with van der Waals surface area (Å²) >= 11 is 2.69. The molecule has 0 aliphatic rings. The number of anilines is 1. The first-order valence-corrected chi connectivity index (χ1v) is 9.09. The molecule has 0 atom stereocenters. The molecule has 25 heavy (non-hydrogen) atoms. The summed E-state index contributed by atoms with van der Waals surface area (Å²) in [6.45, 7) is 1.97. The minimum Gasteiger partial charge on any atom is -0.420 e. The number of thioether (sulfide) groups is 1. The number of aryl methyl sites for hydroxylation is 1. The van der Waals surface area contributed by atoms with Gasteiger partial charge in [-0.25, -0.2) is 0 Å². The third-order valence-electron chi connectivity index (χ3n) is 3.09. The van der Waals surface area contributed by atoms with E-state index in [0.717, 1.165) is 11.1 Å². The average molecular weight is 377 g/mol. The molecular weight excluding hydrogens is 362 g/mol. The van der Waals surface area contributed by atoms with Crippen LogP contribution in [0.4, 0.5) is 5.13 Å². The molecule has 0 aliphatic carbocycles. The summed E-state index contributed by atoms with van der Waals surface area (Å²) < 4.78 is 11.1. The highest BCUT2D eigenvalue weighted by molar-refractivity contribution is 8.00. The van der Waals surface area contributed by atoms with Crippen LogP contribution in [-0.2, 0) is 15.3 Å². The molecule has 1 N–H and O–H groups in total. The number of rotatable bonds is 7. The lowest BCUT2D eigenvalue weighted by Gasteiger charge is -1.98. The van der Waals surface area contributed by atoms with Crippen molar-refractivity contribution < 1.29 is 13.9 Å². The van der Waals surface area contributed by atoms with Gasteiger partial charge < -0.3 is 9.15 Å². The normalized spacial score (nSPS) is 10.8. The van der Waals surface area contributed by atoms with Crippen molar-refractivity contribution >= 4 is 34.1 Å². The summed E-state index contributed by atoms with van der Waals surface area (Å²) in [6.07, 6.45) is 0. The minimum atomic E-state index is -0.269. The van der Waals surface area contributed by atoms with Crippen LogP contribution in [0.5, 0.6) is 0 Å². The topological polar surface area (TPSA) is 103 Å². The summed E-state index contributed by atoms with van der Waals surface area (Å²) in [5.41, 5.74) is 2.00.